The number of carbonyl (C=O) groups is 1. The Kier molecular flexibility index (Phi) is 4.68. The van der Waals surface area contributed by atoms with Gasteiger partial charge in [-0.2, -0.15) is 0 Å². The van der Waals surface area contributed by atoms with Gasteiger partial charge in [0.15, 0.2) is 5.78 Å². The van der Waals surface area contributed by atoms with Gasteiger partial charge in [-0.05, 0) is 42.7 Å². The first kappa shape index (κ1) is 16.1. The Morgan fingerprint density at radius 1 is 1.08 bits per heavy atom. The lowest BCUT2D eigenvalue weighted by molar-refractivity contribution is 0.0929. The quantitative estimate of drug-likeness (QED) is 0.808. The number of nitrogens with zero attached hydrogens (tertiary/aromatic N) is 1. The second kappa shape index (κ2) is 7.26. The highest BCUT2D eigenvalue weighted by molar-refractivity contribution is 5.99. The van der Waals surface area contributed by atoms with Crippen molar-refractivity contribution >= 4 is 5.78 Å². The summed E-state index contributed by atoms with van der Waals surface area (Å²) in [5, 5.41) is 0. The van der Waals surface area contributed by atoms with E-state index in [1.165, 1.54) is 32.1 Å². The predicted molar refractivity (Wildman–Crippen MR) is 95.1 cm³/mol. The summed E-state index contributed by atoms with van der Waals surface area (Å²) in [5.74, 6) is 2.06. The van der Waals surface area contributed by atoms with Gasteiger partial charge in [0.1, 0.15) is 17.6 Å². The molecule has 1 aromatic heterocycles. The van der Waals surface area contributed by atoms with Crippen molar-refractivity contribution < 1.29 is 14.3 Å². The van der Waals surface area contributed by atoms with Crippen molar-refractivity contribution in [1.82, 2.24) is 4.98 Å². The fourth-order valence-electron chi connectivity index (χ4n) is 3.89. The SMILES string of the molecule is O=C1CCOc2cc(OC(c3ccncc3)C3CCCCC3)ccc21. The summed E-state index contributed by atoms with van der Waals surface area (Å²) in [4.78, 5) is 16.1. The molecule has 1 unspecified atom stereocenters. The van der Waals surface area contributed by atoms with Crippen LogP contribution in [-0.2, 0) is 0 Å². The first-order valence-corrected chi connectivity index (χ1v) is 9.18. The van der Waals surface area contributed by atoms with Gasteiger partial charge in [-0.1, -0.05) is 19.3 Å². The maximum absolute atomic E-state index is 12.0. The molecular weight excluding hydrogens is 314 g/mol. The highest BCUT2D eigenvalue weighted by Gasteiger charge is 2.27. The average molecular weight is 337 g/mol. The molecule has 0 spiro atoms. The first-order chi connectivity index (χ1) is 12.3. The van der Waals surface area contributed by atoms with Crippen molar-refractivity contribution in [3.8, 4) is 11.5 Å². The number of pyridine rings is 1. The van der Waals surface area contributed by atoms with Crippen molar-refractivity contribution in [1.29, 1.82) is 0 Å². The third-order valence-corrected chi connectivity index (χ3v) is 5.22. The lowest BCUT2D eigenvalue weighted by Crippen LogP contribution is -2.22. The Labute approximate surface area is 148 Å². The van der Waals surface area contributed by atoms with E-state index < -0.39 is 0 Å². The summed E-state index contributed by atoms with van der Waals surface area (Å²) >= 11 is 0. The van der Waals surface area contributed by atoms with Crippen LogP contribution in [0.15, 0.2) is 42.7 Å². The van der Waals surface area contributed by atoms with Crippen LogP contribution in [0.25, 0.3) is 0 Å². The van der Waals surface area contributed by atoms with E-state index in [-0.39, 0.29) is 11.9 Å². The van der Waals surface area contributed by atoms with E-state index in [1.54, 1.807) is 0 Å². The number of hydrogen-bond acceptors (Lipinski definition) is 4. The van der Waals surface area contributed by atoms with E-state index in [1.807, 2.05) is 42.7 Å². The molecule has 130 valence electrons. The number of aromatic nitrogens is 1. The highest BCUT2D eigenvalue weighted by atomic mass is 16.5. The number of carbonyl (C=O) groups excluding carboxylic acids is 1. The van der Waals surface area contributed by atoms with Crippen molar-refractivity contribution in [3.63, 3.8) is 0 Å². The van der Waals surface area contributed by atoms with Gasteiger partial charge in [0.2, 0.25) is 0 Å². The van der Waals surface area contributed by atoms with Gasteiger partial charge in [0.25, 0.3) is 0 Å². The Bertz CT molecular complexity index is 738. The largest absolute Gasteiger partial charge is 0.492 e. The number of ether oxygens (including phenoxy) is 2. The summed E-state index contributed by atoms with van der Waals surface area (Å²) in [5.41, 5.74) is 1.83. The van der Waals surface area contributed by atoms with Crippen molar-refractivity contribution in [3.05, 3.63) is 53.9 Å². The van der Waals surface area contributed by atoms with Gasteiger partial charge in [-0.25, -0.2) is 0 Å². The van der Waals surface area contributed by atoms with Crippen LogP contribution in [0.2, 0.25) is 0 Å². The molecule has 25 heavy (non-hydrogen) atoms. The average Bonchev–Trinajstić information content (AvgIpc) is 2.68. The second-order valence-corrected chi connectivity index (χ2v) is 6.90. The van der Waals surface area contributed by atoms with Gasteiger partial charge in [-0.15, -0.1) is 0 Å². The number of ketones is 1. The number of fused-ring (bicyclic) bond motifs is 1. The molecule has 4 nitrogen and oxygen atoms in total. The van der Waals surface area contributed by atoms with E-state index in [0.717, 1.165) is 11.3 Å². The van der Waals surface area contributed by atoms with Crippen LogP contribution >= 0.6 is 0 Å². The van der Waals surface area contributed by atoms with Crippen LogP contribution in [0.3, 0.4) is 0 Å². The van der Waals surface area contributed by atoms with Crippen LogP contribution in [0, 0.1) is 5.92 Å². The molecule has 0 bridgehead atoms. The number of rotatable bonds is 4. The first-order valence-electron chi connectivity index (χ1n) is 9.18. The van der Waals surface area contributed by atoms with E-state index in [0.29, 0.717) is 30.3 Å². The standard InChI is InChI=1S/C21H23NO3/c23-19-10-13-24-20-14-17(6-7-18(19)20)25-21(15-4-2-1-3-5-15)16-8-11-22-12-9-16/h6-9,11-12,14-15,21H,1-5,10,13H2. The lowest BCUT2D eigenvalue weighted by atomic mass is 9.83. The minimum absolute atomic E-state index is 0.0145. The molecule has 1 atom stereocenters. The van der Waals surface area contributed by atoms with Gasteiger partial charge in [0.05, 0.1) is 12.2 Å². The van der Waals surface area contributed by atoms with Crippen LogP contribution < -0.4 is 9.47 Å². The van der Waals surface area contributed by atoms with Crippen LogP contribution in [0.4, 0.5) is 0 Å². The molecule has 4 rings (SSSR count). The summed E-state index contributed by atoms with van der Waals surface area (Å²) < 4.78 is 12.1. The Morgan fingerprint density at radius 3 is 2.68 bits per heavy atom. The molecule has 1 fully saturated rings. The van der Waals surface area contributed by atoms with E-state index in [4.69, 9.17) is 9.47 Å². The zero-order valence-electron chi connectivity index (χ0n) is 14.3. The van der Waals surface area contributed by atoms with E-state index in [2.05, 4.69) is 4.98 Å². The molecule has 0 saturated heterocycles. The van der Waals surface area contributed by atoms with Crippen molar-refractivity contribution in [2.45, 2.75) is 44.6 Å². The molecule has 2 aromatic rings. The van der Waals surface area contributed by atoms with Crippen molar-refractivity contribution in [2.75, 3.05) is 6.61 Å². The minimum atomic E-state index is 0.0145. The normalized spacial score (nSPS) is 19.0. The molecule has 1 aliphatic heterocycles. The van der Waals surface area contributed by atoms with Crippen LogP contribution in [0.1, 0.15) is 60.6 Å². The topological polar surface area (TPSA) is 48.4 Å². The van der Waals surface area contributed by atoms with Crippen molar-refractivity contribution in [2.24, 2.45) is 5.92 Å². The predicted octanol–water partition coefficient (Wildman–Crippen LogP) is 4.75. The van der Waals surface area contributed by atoms with E-state index >= 15 is 0 Å². The minimum Gasteiger partial charge on any atom is -0.492 e. The summed E-state index contributed by atoms with van der Waals surface area (Å²) in [6.45, 7) is 0.450. The molecule has 2 heterocycles. The molecule has 2 aliphatic rings. The van der Waals surface area contributed by atoms with Crippen LogP contribution in [0.5, 0.6) is 11.5 Å². The third kappa shape index (κ3) is 3.53. The Hall–Kier alpha value is -2.36. The zero-order valence-corrected chi connectivity index (χ0v) is 14.3. The summed E-state index contributed by atoms with van der Waals surface area (Å²) in [6.07, 6.45) is 10.3. The molecule has 1 aliphatic carbocycles. The fourth-order valence-corrected chi connectivity index (χ4v) is 3.89. The van der Waals surface area contributed by atoms with E-state index in [9.17, 15) is 4.79 Å². The Morgan fingerprint density at radius 2 is 1.88 bits per heavy atom. The van der Waals surface area contributed by atoms with Gasteiger partial charge < -0.3 is 9.47 Å². The highest BCUT2D eigenvalue weighted by Crippen LogP contribution is 2.39. The number of Topliss-reactive ketones (excluding diaryl/α,β-unsaturated/α-hetero) is 1. The number of hydrogen-bond donors (Lipinski definition) is 0. The van der Waals surface area contributed by atoms with Crippen LogP contribution in [-0.4, -0.2) is 17.4 Å². The van der Waals surface area contributed by atoms with Gasteiger partial charge in [-0.3, -0.25) is 9.78 Å². The molecule has 0 amide bonds. The summed E-state index contributed by atoms with van der Waals surface area (Å²) in [6, 6.07) is 9.66. The van der Waals surface area contributed by atoms with Gasteiger partial charge >= 0.3 is 0 Å². The monoisotopic (exact) mass is 337 g/mol. The Balaban J connectivity index is 1.61. The van der Waals surface area contributed by atoms with Gasteiger partial charge in [0, 0.05) is 30.8 Å². The fraction of sp³-hybridized carbons (Fsp3) is 0.429. The number of benzene rings is 1. The second-order valence-electron chi connectivity index (χ2n) is 6.90. The molecule has 0 radical (unpaired) electrons. The summed E-state index contributed by atoms with van der Waals surface area (Å²) in [7, 11) is 0. The molecule has 1 aromatic carbocycles. The molecule has 0 N–H and O–H groups in total. The lowest BCUT2D eigenvalue weighted by Gasteiger charge is -2.31. The third-order valence-electron chi connectivity index (χ3n) is 5.22. The maximum atomic E-state index is 12.0. The maximum Gasteiger partial charge on any atom is 0.169 e. The molecular formula is C21H23NO3. The molecule has 1 saturated carbocycles. The smallest absolute Gasteiger partial charge is 0.169 e. The molecule has 4 heteroatoms. The zero-order chi connectivity index (χ0) is 17.1.